The number of anilines is 1. The maximum absolute atomic E-state index is 12.0. The number of hydrogen-bond acceptors (Lipinski definition) is 5. The summed E-state index contributed by atoms with van der Waals surface area (Å²) in [6.07, 6.45) is 3.45. The summed E-state index contributed by atoms with van der Waals surface area (Å²) in [5.74, 6) is 0.613. The molecule has 2 unspecified atom stereocenters. The van der Waals surface area contributed by atoms with Gasteiger partial charge in [0.2, 0.25) is 10.0 Å². The molecule has 1 rings (SSSR count). The first-order valence-electron chi connectivity index (χ1n) is 5.35. The summed E-state index contributed by atoms with van der Waals surface area (Å²) >= 11 is 0. The Morgan fingerprint density at radius 1 is 1.56 bits per heavy atom. The highest BCUT2D eigenvalue weighted by atomic mass is 32.2. The summed E-state index contributed by atoms with van der Waals surface area (Å²) in [6, 6.07) is 2.39. The van der Waals surface area contributed by atoms with Crippen molar-refractivity contribution in [2.24, 2.45) is 0 Å². The van der Waals surface area contributed by atoms with Crippen LogP contribution in [0.4, 0.5) is 5.82 Å². The Morgan fingerprint density at radius 3 is 2.78 bits per heavy atom. The zero-order chi connectivity index (χ0) is 13.8. The number of nitrogens with two attached hydrogens (primary N) is 1. The minimum absolute atomic E-state index is 0.0828. The van der Waals surface area contributed by atoms with Crippen molar-refractivity contribution in [2.75, 3.05) is 17.7 Å². The highest BCUT2D eigenvalue weighted by Gasteiger charge is 2.17. The van der Waals surface area contributed by atoms with Crippen LogP contribution in [0.25, 0.3) is 0 Å². The third kappa shape index (κ3) is 4.71. The molecule has 0 fully saturated rings. The van der Waals surface area contributed by atoms with E-state index in [0.29, 0.717) is 12.2 Å². The molecule has 0 radical (unpaired) electrons. The van der Waals surface area contributed by atoms with Gasteiger partial charge < -0.3 is 5.73 Å². The number of rotatable bonds is 6. The molecule has 1 aromatic heterocycles. The lowest BCUT2D eigenvalue weighted by molar-refractivity contribution is 0.555. The summed E-state index contributed by atoms with van der Waals surface area (Å²) in [6.45, 7) is 1.73. The number of sulfonamides is 1. The van der Waals surface area contributed by atoms with Gasteiger partial charge in [-0.25, -0.2) is 18.1 Å². The predicted octanol–water partition coefficient (Wildman–Crippen LogP) is 0.0992. The monoisotopic (exact) mass is 291 g/mol. The number of pyridine rings is 1. The molecule has 1 heterocycles. The van der Waals surface area contributed by atoms with E-state index in [2.05, 4.69) is 9.71 Å². The van der Waals surface area contributed by atoms with Gasteiger partial charge in [0.05, 0.1) is 4.90 Å². The molecule has 0 bridgehead atoms. The molecular formula is C10H17N3O3S2. The van der Waals surface area contributed by atoms with Crippen LogP contribution in [0.5, 0.6) is 0 Å². The van der Waals surface area contributed by atoms with Gasteiger partial charge in [0.15, 0.2) is 0 Å². The first kappa shape index (κ1) is 15.1. The molecule has 0 aliphatic rings. The summed E-state index contributed by atoms with van der Waals surface area (Å²) in [7, 11) is -4.53. The van der Waals surface area contributed by atoms with Crippen LogP contribution in [0.2, 0.25) is 0 Å². The zero-order valence-corrected chi connectivity index (χ0v) is 11.9. The third-order valence-electron chi connectivity index (χ3n) is 2.26. The van der Waals surface area contributed by atoms with Crippen LogP contribution in [-0.2, 0) is 20.8 Å². The highest BCUT2D eigenvalue weighted by molar-refractivity contribution is 7.89. The van der Waals surface area contributed by atoms with Crippen LogP contribution >= 0.6 is 0 Å². The molecule has 0 saturated carbocycles. The first-order chi connectivity index (χ1) is 8.31. The molecule has 0 aromatic carbocycles. The van der Waals surface area contributed by atoms with Crippen LogP contribution in [-0.4, -0.2) is 35.7 Å². The predicted molar refractivity (Wildman–Crippen MR) is 72.0 cm³/mol. The lowest BCUT2D eigenvalue weighted by Gasteiger charge is -2.13. The van der Waals surface area contributed by atoms with Gasteiger partial charge in [-0.15, -0.1) is 0 Å². The summed E-state index contributed by atoms with van der Waals surface area (Å²) in [4.78, 5) is 3.82. The summed E-state index contributed by atoms with van der Waals surface area (Å²) in [5, 5.41) is 0. The molecule has 102 valence electrons. The highest BCUT2D eigenvalue weighted by Crippen LogP contribution is 2.11. The fourth-order valence-corrected chi connectivity index (χ4v) is 3.31. The fourth-order valence-electron chi connectivity index (χ4n) is 1.33. The Labute approximate surface area is 110 Å². The molecule has 0 saturated heterocycles. The van der Waals surface area contributed by atoms with Crippen molar-refractivity contribution in [3.8, 4) is 0 Å². The van der Waals surface area contributed by atoms with Gasteiger partial charge in [0.25, 0.3) is 0 Å². The van der Waals surface area contributed by atoms with E-state index in [4.69, 9.17) is 5.73 Å². The molecular weight excluding hydrogens is 274 g/mol. The van der Waals surface area contributed by atoms with Crippen LogP contribution in [0.1, 0.15) is 13.3 Å². The number of nitrogens with one attached hydrogen (secondary N) is 1. The van der Waals surface area contributed by atoms with Gasteiger partial charge in [-0.05, 0) is 19.4 Å². The Morgan fingerprint density at radius 2 is 2.22 bits per heavy atom. The Bertz CT molecular complexity index is 531. The topological polar surface area (TPSA) is 102 Å². The minimum Gasteiger partial charge on any atom is -0.384 e. The van der Waals surface area contributed by atoms with Crippen molar-refractivity contribution in [1.82, 2.24) is 9.71 Å². The van der Waals surface area contributed by atoms with Crippen molar-refractivity contribution < 1.29 is 12.6 Å². The normalized spacial score (nSPS) is 15.2. The van der Waals surface area contributed by atoms with Gasteiger partial charge in [-0.2, -0.15) is 0 Å². The van der Waals surface area contributed by atoms with Crippen molar-refractivity contribution in [3.05, 3.63) is 18.3 Å². The molecule has 0 aliphatic carbocycles. The van der Waals surface area contributed by atoms with Crippen LogP contribution in [0, 0.1) is 0 Å². The van der Waals surface area contributed by atoms with Gasteiger partial charge in [-0.1, -0.05) is 0 Å². The average Bonchev–Trinajstić information content (AvgIpc) is 2.26. The van der Waals surface area contributed by atoms with E-state index in [9.17, 15) is 12.6 Å². The quantitative estimate of drug-likeness (QED) is 0.774. The summed E-state index contributed by atoms with van der Waals surface area (Å²) < 4.78 is 37.4. The van der Waals surface area contributed by atoms with Gasteiger partial charge in [-0.3, -0.25) is 4.21 Å². The first-order valence-corrected chi connectivity index (χ1v) is 8.56. The van der Waals surface area contributed by atoms with E-state index >= 15 is 0 Å². The van der Waals surface area contributed by atoms with Crippen LogP contribution in [0.15, 0.2) is 23.2 Å². The Balaban J connectivity index is 2.73. The maximum atomic E-state index is 12.0. The van der Waals surface area contributed by atoms with E-state index < -0.39 is 20.8 Å². The molecule has 2 atom stereocenters. The van der Waals surface area contributed by atoms with E-state index in [1.807, 2.05) is 0 Å². The van der Waals surface area contributed by atoms with Gasteiger partial charge in [0.1, 0.15) is 5.82 Å². The van der Waals surface area contributed by atoms with Crippen molar-refractivity contribution in [2.45, 2.75) is 24.3 Å². The second-order valence-electron chi connectivity index (χ2n) is 4.00. The molecule has 6 nitrogen and oxygen atoms in total. The fraction of sp³-hybridized carbons (Fsp3) is 0.500. The smallest absolute Gasteiger partial charge is 0.240 e. The number of nitrogens with zero attached hydrogens (tertiary/aromatic N) is 1. The number of aromatic nitrogens is 1. The number of hydrogen-bond donors (Lipinski definition) is 2. The lowest BCUT2D eigenvalue weighted by atomic mass is 10.3. The second-order valence-corrected chi connectivity index (χ2v) is 7.27. The van der Waals surface area contributed by atoms with Crippen molar-refractivity contribution >= 4 is 26.6 Å². The average molecular weight is 291 g/mol. The molecule has 8 heteroatoms. The van der Waals surface area contributed by atoms with Gasteiger partial charge in [0, 0.05) is 41.1 Å². The second kappa shape index (κ2) is 6.26. The lowest BCUT2D eigenvalue weighted by Crippen LogP contribution is -2.33. The van der Waals surface area contributed by atoms with Crippen molar-refractivity contribution in [3.63, 3.8) is 0 Å². The van der Waals surface area contributed by atoms with E-state index in [-0.39, 0.29) is 16.8 Å². The summed E-state index contributed by atoms with van der Waals surface area (Å²) in [5.41, 5.74) is 5.44. The van der Waals surface area contributed by atoms with E-state index in [1.54, 1.807) is 13.2 Å². The number of nitrogen functional groups attached to an aromatic ring is 1. The molecule has 0 aliphatic heterocycles. The molecule has 1 aromatic rings. The third-order valence-corrected chi connectivity index (χ3v) is 4.66. The molecule has 3 N–H and O–H groups in total. The zero-order valence-electron chi connectivity index (χ0n) is 10.3. The van der Waals surface area contributed by atoms with Gasteiger partial charge >= 0.3 is 0 Å². The maximum Gasteiger partial charge on any atom is 0.240 e. The molecule has 0 spiro atoms. The van der Waals surface area contributed by atoms with Crippen LogP contribution < -0.4 is 10.5 Å². The van der Waals surface area contributed by atoms with E-state index in [1.165, 1.54) is 18.3 Å². The molecule has 18 heavy (non-hydrogen) atoms. The SMILES string of the molecule is CC(CCS(C)=O)NS(=O)(=O)c1ccnc(N)c1. The Kier molecular flexibility index (Phi) is 5.24. The minimum atomic E-state index is -3.60. The van der Waals surface area contributed by atoms with Crippen molar-refractivity contribution in [1.29, 1.82) is 0 Å². The molecule has 0 amide bonds. The Hall–Kier alpha value is -0.990. The van der Waals surface area contributed by atoms with Crippen LogP contribution in [0.3, 0.4) is 0 Å². The largest absolute Gasteiger partial charge is 0.384 e. The standard InChI is InChI=1S/C10H17N3O3S2/c1-8(4-6-17(2)14)13-18(15,16)9-3-5-12-10(11)7-9/h3,5,7-8,13H,4,6H2,1-2H3,(H2,11,12). The van der Waals surface area contributed by atoms with E-state index in [0.717, 1.165) is 0 Å².